The van der Waals surface area contributed by atoms with Gasteiger partial charge in [0.1, 0.15) is 28.8 Å². The second kappa shape index (κ2) is 15.8. The molecule has 6 nitrogen and oxygen atoms in total. The Labute approximate surface area is 421 Å². The van der Waals surface area contributed by atoms with Crippen LogP contribution in [0.3, 0.4) is 0 Å². The number of allylic oxidation sites excluding steroid dienone is 1. The lowest BCUT2D eigenvalue weighted by molar-refractivity contribution is 0.625. The van der Waals surface area contributed by atoms with Gasteiger partial charge in [-0.05, 0) is 121 Å². The molecule has 0 spiro atoms. The maximum Gasteiger partial charge on any atom is 0.160 e. The topological polar surface area (TPSA) is 75.5 Å². The third-order valence-corrected chi connectivity index (χ3v) is 16.2. The van der Waals surface area contributed by atoms with Crippen molar-refractivity contribution in [3.05, 3.63) is 227 Å². The summed E-state index contributed by atoms with van der Waals surface area (Å²) in [6, 6.07) is 68.5. The molecule has 0 aliphatic heterocycles. The predicted molar refractivity (Wildman–Crippen MR) is 297 cm³/mol. The Kier molecular flexibility index (Phi) is 8.98. The standard InChI is InChI=1S/C67H45N5O/c1-40-30-35-61-53(36-40)51-33-34-52-50-24-10-15-29-62(50)73-67(52)66(51)72(61)65-55(38-68)63(70-57-25-11-6-20-46(57)47-21-7-12-26-58(47)70)54(37-42-32-31-41-16-2-3-17-43(41)45-19-5-4-18-44(42)45)64(56(65)39-69)71-59-27-13-8-22-48(59)49-23-9-14-28-60(49)71/h2-8,10-22,24-30,33-36,42H,9,23,31-32,37H2,1H3. The second-order valence-corrected chi connectivity index (χ2v) is 20.0. The Balaban J connectivity index is 1.19. The highest BCUT2D eigenvalue weighted by molar-refractivity contribution is 6.22. The lowest BCUT2D eigenvalue weighted by Crippen LogP contribution is -2.18. The maximum atomic E-state index is 12.5. The molecular weight excluding hydrogens is 891 g/mol. The zero-order valence-electron chi connectivity index (χ0n) is 40.2. The molecule has 0 bridgehead atoms. The monoisotopic (exact) mass is 935 g/mol. The molecule has 73 heavy (non-hydrogen) atoms. The number of nitrogens with zero attached hydrogens (tertiary/aromatic N) is 5. The molecule has 1 atom stereocenters. The summed E-state index contributed by atoms with van der Waals surface area (Å²) in [4.78, 5) is 0. The van der Waals surface area contributed by atoms with Crippen LogP contribution in [0, 0.1) is 29.6 Å². The lowest BCUT2D eigenvalue weighted by Gasteiger charge is -2.28. The number of nitriles is 2. The van der Waals surface area contributed by atoms with Crippen LogP contribution < -0.4 is 0 Å². The van der Waals surface area contributed by atoms with Gasteiger partial charge in [-0.15, -0.1) is 0 Å². The van der Waals surface area contributed by atoms with Crippen molar-refractivity contribution in [3.63, 3.8) is 0 Å². The maximum absolute atomic E-state index is 12.5. The average Bonchev–Trinajstić information content (AvgIpc) is 4.19. The highest BCUT2D eigenvalue weighted by atomic mass is 16.3. The first kappa shape index (κ1) is 41.4. The molecule has 4 aromatic heterocycles. The summed E-state index contributed by atoms with van der Waals surface area (Å²) in [6.07, 6.45) is 8.68. The third kappa shape index (κ3) is 5.84. The largest absolute Gasteiger partial charge is 0.454 e. The van der Waals surface area contributed by atoms with E-state index in [2.05, 4.69) is 203 Å². The van der Waals surface area contributed by atoms with Crippen molar-refractivity contribution in [1.82, 2.24) is 13.7 Å². The van der Waals surface area contributed by atoms with Crippen LogP contribution >= 0.6 is 0 Å². The van der Waals surface area contributed by atoms with Crippen LogP contribution in [0.5, 0.6) is 0 Å². The number of aryl methyl sites for hydroxylation is 3. The zero-order valence-corrected chi connectivity index (χ0v) is 40.2. The minimum absolute atomic E-state index is 0.0257. The number of hydrogen-bond acceptors (Lipinski definition) is 3. The van der Waals surface area contributed by atoms with Crippen molar-refractivity contribution in [3.8, 4) is 40.3 Å². The first-order valence-corrected chi connectivity index (χ1v) is 25.4. The van der Waals surface area contributed by atoms with Crippen LogP contribution in [0.25, 0.3) is 111 Å². The first-order valence-electron chi connectivity index (χ1n) is 25.4. The number of aromatic nitrogens is 3. The number of benzene rings is 9. The molecule has 9 aromatic carbocycles. The van der Waals surface area contributed by atoms with E-state index >= 15 is 0 Å². The Hall–Kier alpha value is -9.36. The Morgan fingerprint density at radius 3 is 1.92 bits per heavy atom. The van der Waals surface area contributed by atoms with Gasteiger partial charge in [-0.2, -0.15) is 10.5 Å². The van der Waals surface area contributed by atoms with E-state index in [0.717, 1.165) is 119 Å². The van der Waals surface area contributed by atoms with Gasteiger partial charge in [-0.25, -0.2) is 0 Å². The highest BCUT2D eigenvalue weighted by Crippen LogP contribution is 2.50. The van der Waals surface area contributed by atoms with E-state index in [4.69, 9.17) is 4.42 Å². The third-order valence-electron chi connectivity index (χ3n) is 16.2. The van der Waals surface area contributed by atoms with Crippen molar-refractivity contribution in [2.75, 3.05) is 0 Å². The fraction of sp³-hybridized carbons (Fsp3) is 0.104. The molecule has 1 unspecified atom stereocenters. The van der Waals surface area contributed by atoms with Gasteiger partial charge in [0.2, 0.25) is 0 Å². The van der Waals surface area contributed by atoms with Gasteiger partial charge in [-0.3, -0.25) is 0 Å². The van der Waals surface area contributed by atoms with E-state index in [0.29, 0.717) is 28.8 Å². The van der Waals surface area contributed by atoms with Gasteiger partial charge >= 0.3 is 0 Å². The number of fused-ring (bicyclic) bond motifs is 16. The van der Waals surface area contributed by atoms with Gasteiger partial charge in [0.15, 0.2) is 5.58 Å². The molecule has 4 heterocycles. The zero-order chi connectivity index (χ0) is 48.5. The summed E-state index contributed by atoms with van der Waals surface area (Å²) < 4.78 is 13.9. The normalized spacial score (nSPS) is 14.3. The molecule has 15 rings (SSSR count). The molecule has 0 amide bonds. The summed E-state index contributed by atoms with van der Waals surface area (Å²) in [6.45, 7) is 2.12. The molecule has 0 saturated carbocycles. The van der Waals surface area contributed by atoms with Gasteiger partial charge in [0.05, 0.1) is 44.6 Å². The molecule has 0 radical (unpaired) electrons. The minimum atomic E-state index is 0.0257. The number of rotatable bonds is 5. The second-order valence-electron chi connectivity index (χ2n) is 20.0. The summed E-state index contributed by atoms with van der Waals surface area (Å²) in [5.74, 6) is 0.0257. The summed E-state index contributed by atoms with van der Waals surface area (Å²) in [5.41, 5.74) is 18.8. The Bertz CT molecular complexity index is 4600. The van der Waals surface area contributed by atoms with Gasteiger partial charge in [0.25, 0.3) is 0 Å². The highest BCUT2D eigenvalue weighted by Gasteiger charge is 2.36. The predicted octanol–water partition coefficient (Wildman–Crippen LogP) is 16.7. The van der Waals surface area contributed by atoms with E-state index in [1.807, 2.05) is 18.2 Å². The SMILES string of the molecule is Cc1ccc2c(c1)c1ccc3c4ccccc4oc3c1n2-c1c(C#N)c(-n2c3c(c4ccccc42)CCC=C3)c(CC2CCc3ccccc3-c3ccccc32)c(-n2c3ccccc3c3ccccc32)c1C#N. The molecule has 6 heteroatoms. The molecular formula is C67H45N5O. The Morgan fingerprint density at radius 2 is 1.15 bits per heavy atom. The van der Waals surface area contributed by atoms with E-state index < -0.39 is 0 Å². The van der Waals surface area contributed by atoms with Crippen molar-refractivity contribution in [1.29, 1.82) is 10.5 Å². The number of furan rings is 1. The molecule has 0 saturated heterocycles. The lowest BCUT2D eigenvalue weighted by atomic mass is 9.83. The molecule has 2 aliphatic carbocycles. The van der Waals surface area contributed by atoms with Gasteiger partial charge in [-0.1, -0.05) is 145 Å². The van der Waals surface area contributed by atoms with Crippen molar-refractivity contribution < 1.29 is 4.42 Å². The van der Waals surface area contributed by atoms with Crippen LogP contribution in [-0.2, 0) is 19.3 Å². The summed E-state index contributed by atoms with van der Waals surface area (Å²) in [5, 5.41) is 32.3. The fourth-order valence-corrected chi connectivity index (χ4v) is 13.1. The van der Waals surface area contributed by atoms with Crippen molar-refractivity contribution in [2.45, 2.75) is 44.9 Å². The van der Waals surface area contributed by atoms with Crippen LogP contribution in [0.4, 0.5) is 0 Å². The van der Waals surface area contributed by atoms with Gasteiger partial charge in [0, 0.05) is 49.0 Å². The first-order chi connectivity index (χ1) is 36.1. The van der Waals surface area contributed by atoms with Gasteiger partial charge < -0.3 is 18.1 Å². The summed E-state index contributed by atoms with van der Waals surface area (Å²) in [7, 11) is 0. The molecule has 13 aromatic rings. The van der Waals surface area contributed by atoms with E-state index in [9.17, 15) is 10.5 Å². The van der Waals surface area contributed by atoms with Crippen molar-refractivity contribution in [2.24, 2.45) is 0 Å². The van der Waals surface area contributed by atoms with Crippen molar-refractivity contribution >= 4 is 82.5 Å². The fourth-order valence-electron chi connectivity index (χ4n) is 13.1. The minimum Gasteiger partial charge on any atom is -0.454 e. The smallest absolute Gasteiger partial charge is 0.160 e. The molecule has 2 aliphatic rings. The van der Waals surface area contributed by atoms with E-state index in [-0.39, 0.29) is 5.92 Å². The number of hydrogen-bond donors (Lipinski definition) is 0. The number of para-hydroxylation sites is 4. The molecule has 344 valence electrons. The van der Waals surface area contributed by atoms with Crippen LogP contribution in [0.2, 0.25) is 0 Å². The molecule has 0 fully saturated rings. The van der Waals surface area contributed by atoms with Crippen LogP contribution in [0.1, 0.15) is 63.4 Å². The van der Waals surface area contributed by atoms with Crippen LogP contribution in [-0.4, -0.2) is 13.7 Å². The van der Waals surface area contributed by atoms with Crippen LogP contribution in [0.15, 0.2) is 186 Å². The molecule has 0 N–H and O–H groups in total. The Morgan fingerprint density at radius 1 is 0.534 bits per heavy atom. The quantitative estimate of drug-likeness (QED) is 0.173. The summed E-state index contributed by atoms with van der Waals surface area (Å²) >= 11 is 0. The van der Waals surface area contributed by atoms with E-state index in [1.165, 1.54) is 33.2 Å². The van der Waals surface area contributed by atoms with E-state index in [1.54, 1.807) is 0 Å². The average molecular weight is 936 g/mol.